The molecule has 0 saturated carbocycles. The third kappa shape index (κ3) is 4.27. The molecule has 0 aromatic heterocycles. The Kier molecular flexibility index (Phi) is 6.55. The van der Waals surface area contributed by atoms with Gasteiger partial charge in [-0.15, -0.1) is 0 Å². The smallest absolute Gasteiger partial charge is 0.126 e. The zero-order valence-corrected chi connectivity index (χ0v) is 9.30. The lowest BCUT2D eigenvalue weighted by atomic mass is 10.4. The number of hydrogen-bond donors (Lipinski definition) is 0. The van der Waals surface area contributed by atoms with E-state index in [1.54, 1.807) is 0 Å². The molecule has 2 nitrogen and oxygen atoms in total. The summed E-state index contributed by atoms with van der Waals surface area (Å²) in [6, 6.07) is 0. The van der Waals surface area contributed by atoms with Gasteiger partial charge in [0, 0.05) is 26.7 Å². The third-order valence-electron chi connectivity index (χ3n) is 2.00. The summed E-state index contributed by atoms with van der Waals surface area (Å²) in [4.78, 5) is 0. The summed E-state index contributed by atoms with van der Waals surface area (Å²) in [6.07, 6.45) is 2.84. The van der Waals surface area contributed by atoms with Gasteiger partial charge in [-0.1, -0.05) is 0 Å². The van der Waals surface area contributed by atoms with Crippen LogP contribution in [0.5, 0.6) is 0 Å². The van der Waals surface area contributed by atoms with Crippen molar-refractivity contribution in [1.29, 1.82) is 0 Å². The van der Waals surface area contributed by atoms with E-state index in [4.69, 9.17) is 0 Å². The SMILES string of the molecule is CCN(C)[PH2+]N1CCCC1.[Cl-]. The molecule has 0 bridgehead atoms. The number of hydrogen-bond acceptors (Lipinski definition) is 2. The molecule has 0 aliphatic carbocycles. The zero-order valence-electron chi connectivity index (χ0n) is 7.39. The minimum Gasteiger partial charge on any atom is -1.00 e. The summed E-state index contributed by atoms with van der Waals surface area (Å²) in [5, 5.41) is 0. The van der Waals surface area contributed by atoms with Crippen molar-refractivity contribution < 1.29 is 12.4 Å². The Morgan fingerprint density at radius 3 is 2.36 bits per heavy atom. The summed E-state index contributed by atoms with van der Waals surface area (Å²) in [5.74, 6) is 0. The van der Waals surface area contributed by atoms with Gasteiger partial charge < -0.3 is 12.4 Å². The van der Waals surface area contributed by atoms with Crippen molar-refractivity contribution in [3.63, 3.8) is 0 Å². The predicted molar refractivity (Wildman–Crippen MR) is 48.8 cm³/mol. The molecule has 1 heterocycles. The van der Waals surface area contributed by atoms with Gasteiger partial charge in [0.25, 0.3) is 0 Å². The Morgan fingerprint density at radius 2 is 1.91 bits per heavy atom. The highest BCUT2D eigenvalue weighted by atomic mass is 35.5. The molecule has 1 aliphatic rings. The summed E-state index contributed by atoms with van der Waals surface area (Å²) in [7, 11) is 2.67. The fourth-order valence-corrected chi connectivity index (χ4v) is 2.53. The predicted octanol–water partition coefficient (Wildman–Crippen LogP) is -1.72. The van der Waals surface area contributed by atoms with Gasteiger partial charge >= 0.3 is 0 Å². The van der Waals surface area contributed by atoms with E-state index in [0.29, 0.717) is 8.88 Å². The third-order valence-corrected chi connectivity index (χ3v) is 3.60. The first-order chi connectivity index (χ1) is 4.83. The summed E-state index contributed by atoms with van der Waals surface area (Å²) in [6.45, 7) is 6.12. The Morgan fingerprint density at radius 1 is 1.36 bits per heavy atom. The Bertz CT molecular complexity index is 96.4. The molecule has 0 N–H and O–H groups in total. The van der Waals surface area contributed by atoms with Crippen LogP contribution < -0.4 is 12.4 Å². The van der Waals surface area contributed by atoms with Crippen molar-refractivity contribution in [3.8, 4) is 0 Å². The van der Waals surface area contributed by atoms with Gasteiger partial charge in [0.1, 0.15) is 8.88 Å². The van der Waals surface area contributed by atoms with E-state index in [1.165, 1.54) is 32.5 Å². The molecule has 68 valence electrons. The molecular formula is C7H18ClN2P. The minimum absolute atomic E-state index is 0. The van der Waals surface area contributed by atoms with E-state index in [-0.39, 0.29) is 12.4 Å². The fourth-order valence-electron chi connectivity index (χ4n) is 1.22. The molecule has 1 aliphatic heterocycles. The molecule has 1 saturated heterocycles. The van der Waals surface area contributed by atoms with Crippen molar-refractivity contribution in [2.45, 2.75) is 19.8 Å². The first-order valence-corrected chi connectivity index (χ1v) is 5.15. The van der Waals surface area contributed by atoms with Gasteiger partial charge in [0.2, 0.25) is 0 Å². The van der Waals surface area contributed by atoms with Crippen LogP contribution in [0.4, 0.5) is 0 Å². The van der Waals surface area contributed by atoms with E-state index >= 15 is 0 Å². The maximum absolute atomic E-state index is 2.60. The van der Waals surface area contributed by atoms with Crippen LogP contribution in [0.1, 0.15) is 19.8 Å². The number of rotatable bonds is 3. The van der Waals surface area contributed by atoms with Crippen LogP contribution in [-0.4, -0.2) is 36.0 Å². The normalized spacial score (nSPS) is 19.9. The molecule has 1 unspecified atom stereocenters. The highest BCUT2D eigenvalue weighted by Crippen LogP contribution is 2.25. The molecule has 4 heteroatoms. The molecule has 1 rings (SSSR count). The lowest BCUT2D eigenvalue weighted by Crippen LogP contribution is -3.00. The monoisotopic (exact) mass is 196 g/mol. The van der Waals surface area contributed by atoms with E-state index in [9.17, 15) is 0 Å². The summed E-state index contributed by atoms with van der Waals surface area (Å²) >= 11 is 0. The number of halogens is 1. The Hall–Kier alpha value is 0.640. The maximum Gasteiger partial charge on any atom is 0.126 e. The summed E-state index contributed by atoms with van der Waals surface area (Å²) < 4.78 is 5.04. The van der Waals surface area contributed by atoms with Crippen molar-refractivity contribution >= 4 is 8.88 Å². The first kappa shape index (κ1) is 11.6. The average molecular weight is 197 g/mol. The van der Waals surface area contributed by atoms with Crippen LogP contribution >= 0.6 is 8.88 Å². The van der Waals surface area contributed by atoms with Gasteiger partial charge in [-0.3, -0.25) is 0 Å². The lowest BCUT2D eigenvalue weighted by Gasteiger charge is -2.13. The van der Waals surface area contributed by atoms with Crippen LogP contribution in [0.3, 0.4) is 0 Å². The van der Waals surface area contributed by atoms with Crippen LogP contribution in [-0.2, 0) is 0 Å². The molecule has 0 radical (unpaired) electrons. The van der Waals surface area contributed by atoms with Gasteiger partial charge in [-0.2, -0.15) is 9.34 Å². The number of nitrogens with zero attached hydrogens (tertiary/aromatic N) is 2. The average Bonchev–Trinajstić information content (AvgIpc) is 2.40. The van der Waals surface area contributed by atoms with Crippen LogP contribution in [0.15, 0.2) is 0 Å². The second-order valence-corrected chi connectivity index (χ2v) is 4.77. The Labute approximate surface area is 77.6 Å². The molecule has 0 spiro atoms. The molecular weight excluding hydrogens is 179 g/mol. The molecule has 0 aromatic rings. The Balaban J connectivity index is 0.000001000. The highest BCUT2D eigenvalue weighted by Gasteiger charge is 2.17. The fraction of sp³-hybridized carbons (Fsp3) is 1.00. The van der Waals surface area contributed by atoms with Crippen LogP contribution in [0.2, 0.25) is 0 Å². The second kappa shape index (κ2) is 6.19. The first-order valence-electron chi connectivity index (χ1n) is 4.12. The largest absolute Gasteiger partial charge is 1.00 e. The van der Waals surface area contributed by atoms with E-state index < -0.39 is 0 Å². The van der Waals surface area contributed by atoms with Gasteiger partial charge in [-0.05, 0) is 19.8 Å². The van der Waals surface area contributed by atoms with Crippen molar-refractivity contribution in [1.82, 2.24) is 9.34 Å². The van der Waals surface area contributed by atoms with E-state index in [2.05, 4.69) is 23.3 Å². The standard InChI is InChI=1S/C7H17N2P.ClH/c1-3-8(2)10-9-6-4-5-7-9;/h10H,3-7H2,1-2H3;1H. The molecule has 1 fully saturated rings. The molecule has 0 amide bonds. The van der Waals surface area contributed by atoms with Crippen molar-refractivity contribution in [3.05, 3.63) is 0 Å². The second-order valence-electron chi connectivity index (χ2n) is 2.93. The molecule has 1 atom stereocenters. The van der Waals surface area contributed by atoms with Crippen LogP contribution in [0, 0.1) is 0 Å². The van der Waals surface area contributed by atoms with E-state index in [1.807, 2.05) is 0 Å². The highest BCUT2D eigenvalue weighted by molar-refractivity contribution is 7.32. The summed E-state index contributed by atoms with van der Waals surface area (Å²) in [5.41, 5.74) is 0. The van der Waals surface area contributed by atoms with E-state index in [0.717, 1.165) is 0 Å². The van der Waals surface area contributed by atoms with Gasteiger partial charge in [0.15, 0.2) is 0 Å². The molecule has 11 heavy (non-hydrogen) atoms. The minimum atomic E-state index is 0. The van der Waals surface area contributed by atoms with Crippen molar-refractivity contribution in [2.24, 2.45) is 0 Å². The topological polar surface area (TPSA) is 6.48 Å². The maximum atomic E-state index is 2.60. The van der Waals surface area contributed by atoms with Crippen LogP contribution in [0.25, 0.3) is 0 Å². The van der Waals surface area contributed by atoms with Crippen molar-refractivity contribution in [2.75, 3.05) is 26.7 Å². The quantitative estimate of drug-likeness (QED) is 0.496. The lowest BCUT2D eigenvalue weighted by molar-refractivity contribution is -0.00000222. The zero-order chi connectivity index (χ0) is 7.40. The van der Waals surface area contributed by atoms with Gasteiger partial charge in [0.05, 0.1) is 0 Å². The van der Waals surface area contributed by atoms with Gasteiger partial charge in [-0.25, -0.2) is 0 Å². The molecule has 0 aromatic carbocycles.